The predicted octanol–water partition coefficient (Wildman–Crippen LogP) is 4.56. The Hall–Kier alpha value is -3.87. The molecule has 4 aromatic rings. The Balaban J connectivity index is 1.67. The number of fused-ring (bicyclic) bond motifs is 1. The third-order valence-corrected chi connectivity index (χ3v) is 5.21. The van der Waals surface area contributed by atoms with Crippen molar-refractivity contribution in [2.75, 3.05) is 19.5 Å². The average Bonchev–Trinajstić information content (AvgIpc) is 3.21. The lowest BCUT2D eigenvalue weighted by Crippen LogP contribution is -2.15. The number of nitrogens with zero attached hydrogens (tertiary/aromatic N) is 3. The van der Waals surface area contributed by atoms with Gasteiger partial charge in [-0.3, -0.25) is 4.79 Å². The van der Waals surface area contributed by atoms with Crippen LogP contribution in [0.1, 0.15) is 28.4 Å². The Labute approximate surface area is 180 Å². The standard InChI is InChI=1S/C24H24N4O3/c1-5-16-9-11-17(12-10-16)28-26-19-13-15(2)18(14-20(19)27-28)25-24(29)23-21(30-3)7-6-8-22(23)31-4/h6-14H,5H2,1-4H3,(H,25,29). The zero-order valence-corrected chi connectivity index (χ0v) is 18.0. The van der Waals surface area contributed by atoms with E-state index in [1.165, 1.54) is 19.8 Å². The van der Waals surface area contributed by atoms with Crippen LogP contribution in [0.4, 0.5) is 5.69 Å². The number of hydrogen-bond donors (Lipinski definition) is 1. The van der Waals surface area contributed by atoms with Crippen molar-refractivity contribution in [3.05, 3.63) is 71.3 Å². The van der Waals surface area contributed by atoms with Crippen molar-refractivity contribution in [3.63, 3.8) is 0 Å². The van der Waals surface area contributed by atoms with Crippen LogP contribution >= 0.6 is 0 Å². The van der Waals surface area contributed by atoms with E-state index in [1.807, 2.05) is 31.2 Å². The van der Waals surface area contributed by atoms with Gasteiger partial charge >= 0.3 is 0 Å². The molecule has 3 aromatic carbocycles. The molecule has 0 spiro atoms. The first-order chi connectivity index (χ1) is 15.0. The quantitative estimate of drug-likeness (QED) is 0.498. The van der Waals surface area contributed by atoms with Gasteiger partial charge in [0.1, 0.15) is 28.1 Å². The Morgan fingerprint density at radius 2 is 1.58 bits per heavy atom. The molecule has 7 nitrogen and oxygen atoms in total. The van der Waals surface area contributed by atoms with Crippen LogP contribution < -0.4 is 14.8 Å². The molecule has 0 aliphatic heterocycles. The fourth-order valence-corrected chi connectivity index (χ4v) is 3.44. The minimum atomic E-state index is -0.320. The molecule has 1 N–H and O–H groups in total. The largest absolute Gasteiger partial charge is 0.496 e. The van der Waals surface area contributed by atoms with E-state index in [0.717, 1.165) is 23.2 Å². The number of methoxy groups -OCH3 is 2. The van der Waals surface area contributed by atoms with Crippen LogP contribution in [0.2, 0.25) is 0 Å². The molecule has 1 aromatic heterocycles. The number of rotatable bonds is 6. The summed E-state index contributed by atoms with van der Waals surface area (Å²) in [5.74, 6) is 0.563. The minimum Gasteiger partial charge on any atom is -0.496 e. The molecule has 0 saturated heterocycles. The molecule has 0 aliphatic rings. The molecule has 7 heteroatoms. The molecule has 4 rings (SSSR count). The summed E-state index contributed by atoms with van der Waals surface area (Å²) in [5, 5.41) is 12.1. The molecule has 0 saturated carbocycles. The number of aromatic nitrogens is 3. The molecule has 0 fully saturated rings. The van der Waals surface area contributed by atoms with E-state index in [1.54, 1.807) is 23.0 Å². The number of benzene rings is 3. The molecular formula is C24H24N4O3. The fourth-order valence-electron chi connectivity index (χ4n) is 3.44. The van der Waals surface area contributed by atoms with Gasteiger partial charge in [-0.1, -0.05) is 25.1 Å². The van der Waals surface area contributed by atoms with Gasteiger partial charge in [0.25, 0.3) is 5.91 Å². The molecule has 0 aliphatic carbocycles. The van der Waals surface area contributed by atoms with E-state index in [0.29, 0.717) is 28.3 Å². The number of anilines is 1. The third-order valence-electron chi connectivity index (χ3n) is 5.21. The van der Waals surface area contributed by atoms with E-state index >= 15 is 0 Å². The van der Waals surface area contributed by atoms with Gasteiger partial charge in [-0.05, 0) is 60.9 Å². The third kappa shape index (κ3) is 3.94. The maximum atomic E-state index is 13.0. The van der Waals surface area contributed by atoms with Gasteiger partial charge in [-0.2, -0.15) is 4.80 Å². The zero-order chi connectivity index (χ0) is 22.0. The van der Waals surface area contributed by atoms with E-state index < -0.39 is 0 Å². The molecule has 0 radical (unpaired) electrons. The summed E-state index contributed by atoms with van der Waals surface area (Å²) in [6, 6.07) is 17.1. The van der Waals surface area contributed by atoms with Gasteiger partial charge in [0.15, 0.2) is 0 Å². The highest BCUT2D eigenvalue weighted by Gasteiger charge is 2.19. The van der Waals surface area contributed by atoms with Crippen molar-refractivity contribution in [1.82, 2.24) is 15.0 Å². The van der Waals surface area contributed by atoms with Gasteiger partial charge in [-0.15, -0.1) is 10.2 Å². The van der Waals surface area contributed by atoms with E-state index in [2.05, 4.69) is 34.6 Å². The van der Waals surface area contributed by atoms with Gasteiger partial charge in [0.05, 0.1) is 19.9 Å². The first-order valence-electron chi connectivity index (χ1n) is 10.0. The molecule has 1 amide bonds. The van der Waals surface area contributed by atoms with E-state index in [-0.39, 0.29) is 5.91 Å². The predicted molar refractivity (Wildman–Crippen MR) is 120 cm³/mol. The lowest BCUT2D eigenvalue weighted by Gasteiger charge is -2.14. The van der Waals surface area contributed by atoms with Gasteiger partial charge < -0.3 is 14.8 Å². The first-order valence-corrected chi connectivity index (χ1v) is 10.0. The Bertz CT molecular complexity index is 1220. The van der Waals surface area contributed by atoms with E-state index in [4.69, 9.17) is 9.47 Å². The second-order valence-corrected chi connectivity index (χ2v) is 7.16. The number of ether oxygens (including phenoxy) is 2. The number of carbonyl (C=O) groups is 1. The van der Waals surface area contributed by atoms with Gasteiger partial charge in [0, 0.05) is 5.69 Å². The van der Waals surface area contributed by atoms with Crippen molar-refractivity contribution in [3.8, 4) is 17.2 Å². The van der Waals surface area contributed by atoms with Crippen LogP contribution in [0.25, 0.3) is 16.7 Å². The number of carbonyl (C=O) groups excluding carboxylic acids is 1. The van der Waals surface area contributed by atoms with Crippen molar-refractivity contribution < 1.29 is 14.3 Å². The van der Waals surface area contributed by atoms with Crippen LogP contribution in [-0.2, 0) is 6.42 Å². The number of hydrogen-bond acceptors (Lipinski definition) is 5. The fraction of sp³-hybridized carbons (Fsp3) is 0.208. The average molecular weight is 416 g/mol. The SMILES string of the molecule is CCc1ccc(-n2nc3cc(C)c(NC(=O)c4c(OC)cccc4OC)cc3n2)cc1. The van der Waals surface area contributed by atoms with Gasteiger partial charge in [0.2, 0.25) is 0 Å². The van der Waals surface area contributed by atoms with Crippen LogP contribution in [0.3, 0.4) is 0 Å². The summed E-state index contributed by atoms with van der Waals surface area (Å²) < 4.78 is 10.7. The van der Waals surface area contributed by atoms with Crippen molar-refractivity contribution in [1.29, 1.82) is 0 Å². The smallest absolute Gasteiger partial charge is 0.263 e. The van der Waals surface area contributed by atoms with Crippen molar-refractivity contribution >= 4 is 22.6 Å². The Morgan fingerprint density at radius 1 is 0.968 bits per heavy atom. The van der Waals surface area contributed by atoms with Crippen molar-refractivity contribution in [2.24, 2.45) is 0 Å². The molecular weight excluding hydrogens is 392 g/mol. The molecule has 0 unspecified atom stereocenters. The summed E-state index contributed by atoms with van der Waals surface area (Å²) in [6.45, 7) is 4.04. The highest BCUT2D eigenvalue weighted by Crippen LogP contribution is 2.30. The Kier molecular flexibility index (Phi) is 5.58. The normalized spacial score (nSPS) is 10.8. The highest BCUT2D eigenvalue weighted by atomic mass is 16.5. The lowest BCUT2D eigenvalue weighted by atomic mass is 10.1. The summed E-state index contributed by atoms with van der Waals surface area (Å²) in [5.41, 5.74) is 5.45. The minimum absolute atomic E-state index is 0.320. The molecule has 1 heterocycles. The Morgan fingerprint density at radius 3 is 2.16 bits per heavy atom. The summed E-state index contributed by atoms with van der Waals surface area (Å²) in [4.78, 5) is 14.6. The summed E-state index contributed by atoms with van der Waals surface area (Å²) in [7, 11) is 3.04. The number of amides is 1. The first kappa shape index (κ1) is 20.4. The van der Waals surface area contributed by atoms with Crippen LogP contribution in [0, 0.1) is 6.92 Å². The summed E-state index contributed by atoms with van der Waals surface area (Å²) in [6.07, 6.45) is 0.980. The zero-order valence-electron chi connectivity index (χ0n) is 18.0. The second kappa shape index (κ2) is 8.47. The maximum Gasteiger partial charge on any atom is 0.263 e. The van der Waals surface area contributed by atoms with Crippen molar-refractivity contribution in [2.45, 2.75) is 20.3 Å². The monoisotopic (exact) mass is 416 g/mol. The van der Waals surface area contributed by atoms with Crippen LogP contribution in [0.15, 0.2) is 54.6 Å². The van der Waals surface area contributed by atoms with Crippen LogP contribution in [-0.4, -0.2) is 35.1 Å². The molecule has 0 atom stereocenters. The molecule has 0 bridgehead atoms. The number of aryl methyl sites for hydroxylation is 2. The van der Waals surface area contributed by atoms with Gasteiger partial charge in [-0.25, -0.2) is 0 Å². The molecule has 158 valence electrons. The topological polar surface area (TPSA) is 78.3 Å². The van der Waals surface area contributed by atoms with Crippen LogP contribution in [0.5, 0.6) is 11.5 Å². The highest BCUT2D eigenvalue weighted by molar-refractivity contribution is 6.09. The second-order valence-electron chi connectivity index (χ2n) is 7.16. The lowest BCUT2D eigenvalue weighted by molar-refractivity contribution is 0.102. The molecule has 31 heavy (non-hydrogen) atoms. The van der Waals surface area contributed by atoms with E-state index in [9.17, 15) is 4.79 Å². The maximum absolute atomic E-state index is 13.0. The number of nitrogens with one attached hydrogen (secondary N) is 1. The summed E-state index contributed by atoms with van der Waals surface area (Å²) >= 11 is 0.